The molecule has 150 valence electrons. The largest absolute Gasteiger partial charge is 0.381 e. The molecule has 0 aromatic carbocycles. The zero-order chi connectivity index (χ0) is 19.1. The third-order valence-corrected chi connectivity index (χ3v) is 6.83. The van der Waals surface area contributed by atoms with E-state index in [0.29, 0.717) is 18.3 Å². The molecule has 4 atom stereocenters. The molecular formula is C20H28N6O2. The molecule has 2 fully saturated rings. The van der Waals surface area contributed by atoms with Gasteiger partial charge in [0.15, 0.2) is 12.0 Å². The van der Waals surface area contributed by atoms with E-state index in [2.05, 4.69) is 36.6 Å². The molecule has 0 aliphatic carbocycles. The number of aromatic nitrogens is 3. The van der Waals surface area contributed by atoms with Crippen molar-refractivity contribution in [1.82, 2.24) is 19.7 Å². The number of hydrogen-bond donors (Lipinski definition) is 0. The Balaban J connectivity index is 1.34. The summed E-state index contributed by atoms with van der Waals surface area (Å²) in [6.07, 6.45) is 8.26. The highest BCUT2D eigenvalue weighted by Gasteiger charge is 2.41. The number of amides is 1. The van der Waals surface area contributed by atoms with Crippen LogP contribution in [0, 0.1) is 11.8 Å². The molecular weight excluding hydrogens is 356 g/mol. The Morgan fingerprint density at radius 3 is 2.89 bits per heavy atom. The van der Waals surface area contributed by atoms with E-state index in [1.165, 1.54) is 0 Å². The second kappa shape index (κ2) is 7.39. The first-order valence-corrected chi connectivity index (χ1v) is 10.6. The molecule has 8 heteroatoms. The van der Waals surface area contributed by atoms with Crippen molar-refractivity contribution in [2.24, 2.45) is 21.8 Å². The zero-order valence-electron chi connectivity index (χ0n) is 16.4. The Labute approximate surface area is 165 Å². The number of carbonyl (C=O) groups is 1. The lowest BCUT2D eigenvalue weighted by atomic mass is 9.92. The van der Waals surface area contributed by atoms with Gasteiger partial charge in [-0.15, -0.1) is 10.2 Å². The quantitative estimate of drug-likeness (QED) is 0.793. The van der Waals surface area contributed by atoms with E-state index < -0.39 is 0 Å². The van der Waals surface area contributed by atoms with Crippen LogP contribution in [0.15, 0.2) is 9.98 Å². The SMILES string of the molecule is CCC1CN(C(=O)CC2CCOCC2)CC1c1nnc2n1C1CC=NC1N=C2. The fourth-order valence-corrected chi connectivity index (χ4v) is 5.12. The summed E-state index contributed by atoms with van der Waals surface area (Å²) in [5, 5.41) is 8.94. The minimum absolute atomic E-state index is 0.0463. The Morgan fingerprint density at radius 2 is 2.07 bits per heavy atom. The number of rotatable bonds is 4. The van der Waals surface area contributed by atoms with Crippen molar-refractivity contribution in [3.05, 3.63) is 11.6 Å². The second-order valence-corrected chi connectivity index (χ2v) is 8.45. The predicted octanol–water partition coefficient (Wildman–Crippen LogP) is 1.82. The van der Waals surface area contributed by atoms with E-state index >= 15 is 0 Å². The van der Waals surface area contributed by atoms with Crippen LogP contribution < -0.4 is 0 Å². The van der Waals surface area contributed by atoms with E-state index in [-0.39, 0.29) is 24.0 Å². The first-order valence-electron chi connectivity index (χ1n) is 10.6. The summed E-state index contributed by atoms with van der Waals surface area (Å²) in [5.74, 6) is 3.24. The summed E-state index contributed by atoms with van der Waals surface area (Å²) in [6.45, 7) is 5.35. The summed E-state index contributed by atoms with van der Waals surface area (Å²) in [5.41, 5.74) is 0. The van der Waals surface area contributed by atoms with E-state index in [0.717, 1.165) is 63.6 Å². The van der Waals surface area contributed by atoms with Gasteiger partial charge in [0.05, 0.1) is 12.3 Å². The molecule has 1 aromatic rings. The van der Waals surface area contributed by atoms with Crippen LogP contribution in [0.25, 0.3) is 0 Å². The van der Waals surface area contributed by atoms with Crippen molar-refractivity contribution in [2.45, 2.75) is 57.2 Å². The monoisotopic (exact) mass is 384 g/mol. The lowest BCUT2D eigenvalue weighted by molar-refractivity contribution is -0.132. The third kappa shape index (κ3) is 3.07. The molecule has 5 heterocycles. The number of hydrogen-bond acceptors (Lipinski definition) is 6. The summed E-state index contributed by atoms with van der Waals surface area (Å²) in [6, 6.07) is 0.189. The van der Waals surface area contributed by atoms with Crippen molar-refractivity contribution in [3.8, 4) is 0 Å². The molecule has 0 saturated carbocycles. The van der Waals surface area contributed by atoms with Crippen molar-refractivity contribution in [2.75, 3.05) is 26.3 Å². The first-order chi connectivity index (χ1) is 13.7. The second-order valence-electron chi connectivity index (χ2n) is 8.45. The zero-order valence-corrected chi connectivity index (χ0v) is 16.4. The maximum absolute atomic E-state index is 13.0. The topological polar surface area (TPSA) is 85.0 Å². The van der Waals surface area contributed by atoms with Crippen LogP contribution in [0.3, 0.4) is 0 Å². The highest BCUT2D eigenvalue weighted by molar-refractivity contribution is 5.78. The fraction of sp³-hybridized carbons (Fsp3) is 0.750. The average molecular weight is 384 g/mol. The number of fused-ring (bicyclic) bond motifs is 3. The minimum atomic E-state index is -0.0463. The van der Waals surface area contributed by atoms with Crippen LogP contribution in [0.2, 0.25) is 0 Å². The maximum Gasteiger partial charge on any atom is 0.222 e. The molecule has 0 spiro atoms. The molecule has 0 radical (unpaired) electrons. The molecule has 4 unspecified atom stereocenters. The van der Waals surface area contributed by atoms with Gasteiger partial charge in [0.25, 0.3) is 0 Å². The molecule has 0 bridgehead atoms. The highest BCUT2D eigenvalue weighted by Crippen LogP contribution is 2.38. The number of aliphatic imine (C=N–C) groups is 2. The Hall–Kier alpha value is -2.09. The Morgan fingerprint density at radius 1 is 1.21 bits per heavy atom. The maximum atomic E-state index is 13.0. The molecule has 0 N–H and O–H groups in total. The highest BCUT2D eigenvalue weighted by atomic mass is 16.5. The van der Waals surface area contributed by atoms with Gasteiger partial charge in [-0.25, -0.2) is 0 Å². The van der Waals surface area contributed by atoms with Crippen LogP contribution in [-0.4, -0.2) is 70.5 Å². The number of ether oxygens (including phenoxy) is 1. The van der Waals surface area contributed by atoms with Crippen molar-refractivity contribution >= 4 is 18.3 Å². The molecule has 2 saturated heterocycles. The Kier molecular flexibility index (Phi) is 4.74. The van der Waals surface area contributed by atoms with Crippen LogP contribution in [0.4, 0.5) is 0 Å². The summed E-state index contributed by atoms with van der Waals surface area (Å²) < 4.78 is 7.67. The van der Waals surface area contributed by atoms with Crippen LogP contribution in [-0.2, 0) is 9.53 Å². The summed E-state index contributed by atoms with van der Waals surface area (Å²) >= 11 is 0. The smallest absolute Gasteiger partial charge is 0.222 e. The summed E-state index contributed by atoms with van der Waals surface area (Å²) in [7, 11) is 0. The van der Waals surface area contributed by atoms with Gasteiger partial charge >= 0.3 is 0 Å². The van der Waals surface area contributed by atoms with E-state index in [9.17, 15) is 4.79 Å². The molecule has 8 nitrogen and oxygen atoms in total. The molecule has 1 aromatic heterocycles. The van der Waals surface area contributed by atoms with Gasteiger partial charge in [-0.2, -0.15) is 0 Å². The van der Waals surface area contributed by atoms with Gasteiger partial charge in [0.1, 0.15) is 5.82 Å². The number of carbonyl (C=O) groups excluding carboxylic acids is 1. The van der Waals surface area contributed by atoms with Gasteiger partial charge in [0.2, 0.25) is 5.91 Å². The lowest BCUT2D eigenvalue weighted by Gasteiger charge is -2.26. The van der Waals surface area contributed by atoms with Gasteiger partial charge in [0, 0.05) is 51.3 Å². The van der Waals surface area contributed by atoms with Gasteiger partial charge < -0.3 is 14.2 Å². The van der Waals surface area contributed by atoms with Crippen molar-refractivity contribution in [1.29, 1.82) is 0 Å². The van der Waals surface area contributed by atoms with Crippen molar-refractivity contribution < 1.29 is 9.53 Å². The van der Waals surface area contributed by atoms with Gasteiger partial charge in [-0.1, -0.05) is 13.3 Å². The van der Waals surface area contributed by atoms with Gasteiger partial charge in [-0.05, 0) is 24.7 Å². The first kappa shape index (κ1) is 18.0. The normalized spacial score (nSPS) is 32.0. The van der Waals surface area contributed by atoms with Crippen molar-refractivity contribution in [3.63, 3.8) is 0 Å². The van der Waals surface area contributed by atoms with E-state index in [1.807, 2.05) is 6.21 Å². The van der Waals surface area contributed by atoms with Crippen LogP contribution in [0.5, 0.6) is 0 Å². The minimum Gasteiger partial charge on any atom is -0.381 e. The lowest BCUT2D eigenvalue weighted by Crippen LogP contribution is -2.32. The Bertz CT molecular complexity index is 797. The molecule has 28 heavy (non-hydrogen) atoms. The van der Waals surface area contributed by atoms with Crippen LogP contribution >= 0.6 is 0 Å². The predicted molar refractivity (Wildman–Crippen MR) is 105 cm³/mol. The average Bonchev–Trinajstić information content (AvgIpc) is 3.44. The fourth-order valence-electron chi connectivity index (χ4n) is 5.12. The standard InChI is InChI=1S/C20H28N6O2/c1-2-14-11-25(18(27)9-13-4-7-28-8-5-13)12-15(14)20-24-23-17-10-22-19-16(26(17)20)3-6-21-19/h6,10,13-16,19H,2-5,7-9,11-12H2,1H3. The molecule has 5 rings (SSSR count). The van der Waals surface area contributed by atoms with Crippen LogP contribution in [0.1, 0.15) is 62.6 Å². The van der Waals surface area contributed by atoms with E-state index in [4.69, 9.17) is 4.74 Å². The van der Waals surface area contributed by atoms with Gasteiger partial charge in [-0.3, -0.25) is 14.8 Å². The summed E-state index contributed by atoms with van der Waals surface area (Å²) in [4.78, 5) is 24.0. The molecule has 1 amide bonds. The van der Waals surface area contributed by atoms with E-state index in [1.54, 1.807) is 6.21 Å². The molecule has 4 aliphatic heterocycles. The number of nitrogens with zero attached hydrogens (tertiary/aromatic N) is 6. The third-order valence-electron chi connectivity index (χ3n) is 6.83. The molecule has 4 aliphatic rings. The number of likely N-dealkylation sites (tertiary alicyclic amines) is 1.